The summed E-state index contributed by atoms with van der Waals surface area (Å²) in [6.07, 6.45) is 2.09. The van der Waals surface area contributed by atoms with Gasteiger partial charge in [-0.1, -0.05) is 0 Å². The van der Waals surface area contributed by atoms with Crippen molar-refractivity contribution in [2.75, 3.05) is 26.7 Å². The fourth-order valence-electron chi connectivity index (χ4n) is 2.23. The maximum Gasteiger partial charge on any atom is 0.254 e. The second-order valence-electron chi connectivity index (χ2n) is 4.75. The first-order valence-corrected chi connectivity index (χ1v) is 6.53. The molecule has 19 heavy (non-hydrogen) atoms. The molecule has 2 rings (SSSR count). The first-order chi connectivity index (χ1) is 9.20. The molecule has 0 aliphatic carbocycles. The maximum atomic E-state index is 13.7. The highest BCUT2D eigenvalue weighted by Gasteiger charge is 2.16. The van der Waals surface area contributed by atoms with Gasteiger partial charge in [-0.25, -0.2) is 4.39 Å². The third kappa shape index (κ3) is 3.67. The molecule has 0 atom stereocenters. The van der Waals surface area contributed by atoms with Gasteiger partial charge < -0.3 is 15.4 Å². The van der Waals surface area contributed by atoms with E-state index in [9.17, 15) is 9.18 Å². The van der Waals surface area contributed by atoms with Crippen molar-refractivity contribution in [2.24, 2.45) is 5.92 Å². The Balaban J connectivity index is 1.92. The minimum atomic E-state index is -0.554. The lowest BCUT2D eigenvalue weighted by atomic mass is 9.98. The monoisotopic (exact) mass is 266 g/mol. The van der Waals surface area contributed by atoms with E-state index in [2.05, 4.69) is 10.6 Å². The number of carbonyl (C=O) groups is 1. The summed E-state index contributed by atoms with van der Waals surface area (Å²) in [5, 5.41) is 6.07. The molecular weight excluding hydrogens is 247 g/mol. The molecular formula is C14H19FN2O2. The predicted molar refractivity (Wildman–Crippen MR) is 70.9 cm³/mol. The van der Waals surface area contributed by atoms with E-state index in [0.717, 1.165) is 25.9 Å². The highest BCUT2D eigenvalue weighted by Crippen LogP contribution is 2.16. The second-order valence-corrected chi connectivity index (χ2v) is 4.75. The van der Waals surface area contributed by atoms with Gasteiger partial charge in [-0.15, -0.1) is 0 Å². The van der Waals surface area contributed by atoms with Crippen LogP contribution in [0.1, 0.15) is 23.2 Å². The predicted octanol–water partition coefficient (Wildman–Crippen LogP) is 1.56. The standard InChI is InChI=1S/C14H19FN2O2/c1-19-11-2-3-12(13(15)8-11)14(18)17-9-10-4-6-16-7-5-10/h2-3,8,10,16H,4-7,9H2,1H3,(H,17,18). The molecule has 0 unspecified atom stereocenters. The lowest BCUT2D eigenvalue weighted by Gasteiger charge is -2.22. The van der Waals surface area contributed by atoms with E-state index >= 15 is 0 Å². The molecule has 1 aromatic carbocycles. The number of carbonyl (C=O) groups excluding carboxylic acids is 1. The molecule has 1 amide bonds. The largest absolute Gasteiger partial charge is 0.497 e. The summed E-state index contributed by atoms with van der Waals surface area (Å²) in [7, 11) is 1.46. The fourth-order valence-corrected chi connectivity index (χ4v) is 2.23. The van der Waals surface area contributed by atoms with E-state index in [4.69, 9.17) is 4.74 Å². The van der Waals surface area contributed by atoms with E-state index in [1.54, 1.807) is 6.07 Å². The van der Waals surface area contributed by atoms with Crippen LogP contribution in [0.4, 0.5) is 4.39 Å². The minimum Gasteiger partial charge on any atom is -0.497 e. The smallest absolute Gasteiger partial charge is 0.254 e. The van der Waals surface area contributed by atoms with Crippen molar-refractivity contribution >= 4 is 5.91 Å². The van der Waals surface area contributed by atoms with Gasteiger partial charge in [0.2, 0.25) is 0 Å². The van der Waals surface area contributed by atoms with E-state index < -0.39 is 5.82 Å². The molecule has 0 saturated carbocycles. The zero-order valence-electron chi connectivity index (χ0n) is 11.0. The van der Waals surface area contributed by atoms with Crippen LogP contribution in [0, 0.1) is 11.7 Å². The quantitative estimate of drug-likeness (QED) is 0.869. The van der Waals surface area contributed by atoms with Crippen molar-refractivity contribution in [3.63, 3.8) is 0 Å². The molecule has 0 spiro atoms. The summed E-state index contributed by atoms with van der Waals surface area (Å²) >= 11 is 0. The van der Waals surface area contributed by atoms with E-state index in [1.807, 2.05) is 0 Å². The molecule has 4 nitrogen and oxygen atoms in total. The highest BCUT2D eigenvalue weighted by atomic mass is 19.1. The van der Waals surface area contributed by atoms with Crippen LogP contribution in [-0.4, -0.2) is 32.7 Å². The zero-order chi connectivity index (χ0) is 13.7. The number of rotatable bonds is 4. The Bertz CT molecular complexity index is 445. The van der Waals surface area contributed by atoms with E-state index in [1.165, 1.54) is 19.2 Å². The van der Waals surface area contributed by atoms with Crippen molar-refractivity contribution in [1.29, 1.82) is 0 Å². The topological polar surface area (TPSA) is 50.4 Å². The first kappa shape index (κ1) is 13.8. The number of methoxy groups -OCH3 is 1. The van der Waals surface area contributed by atoms with Crippen molar-refractivity contribution in [3.05, 3.63) is 29.6 Å². The van der Waals surface area contributed by atoms with Crippen LogP contribution in [0.25, 0.3) is 0 Å². The summed E-state index contributed by atoms with van der Waals surface area (Å²) in [6, 6.07) is 4.26. The third-order valence-electron chi connectivity index (χ3n) is 3.43. The molecule has 5 heteroatoms. The van der Waals surface area contributed by atoms with Gasteiger partial charge in [-0.2, -0.15) is 0 Å². The van der Waals surface area contributed by atoms with Gasteiger partial charge in [0.1, 0.15) is 11.6 Å². The van der Waals surface area contributed by atoms with E-state index in [-0.39, 0.29) is 11.5 Å². The van der Waals surface area contributed by atoms with E-state index in [0.29, 0.717) is 18.2 Å². The molecule has 1 heterocycles. The minimum absolute atomic E-state index is 0.0646. The van der Waals surface area contributed by atoms with Gasteiger partial charge in [-0.05, 0) is 44.0 Å². The number of amides is 1. The summed E-state index contributed by atoms with van der Waals surface area (Å²) in [5.74, 6) is -0.0280. The summed E-state index contributed by atoms with van der Waals surface area (Å²) in [5.41, 5.74) is 0.0646. The van der Waals surface area contributed by atoms with Crippen molar-refractivity contribution in [3.8, 4) is 5.75 Å². The molecule has 1 aliphatic heterocycles. The summed E-state index contributed by atoms with van der Waals surface area (Å²) in [6.45, 7) is 2.57. The average Bonchev–Trinajstić information content (AvgIpc) is 2.45. The number of hydrogen-bond donors (Lipinski definition) is 2. The van der Waals surface area contributed by atoms with Gasteiger partial charge in [-0.3, -0.25) is 4.79 Å². The van der Waals surface area contributed by atoms with Gasteiger partial charge in [0.25, 0.3) is 5.91 Å². The van der Waals surface area contributed by atoms with Crippen LogP contribution in [0.2, 0.25) is 0 Å². The Kier molecular flexibility index (Phi) is 4.74. The summed E-state index contributed by atoms with van der Waals surface area (Å²) in [4.78, 5) is 11.9. The van der Waals surface area contributed by atoms with Crippen LogP contribution >= 0.6 is 0 Å². The average molecular weight is 266 g/mol. The van der Waals surface area contributed by atoms with Crippen molar-refractivity contribution in [2.45, 2.75) is 12.8 Å². The van der Waals surface area contributed by atoms with Gasteiger partial charge in [0, 0.05) is 12.6 Å². The highest BCUT2D eigenvalue weighted by molar-refractivity contribution is 5.94. The number of halogens is 1. The Labute approximate surface area is 112 Å². The molecule has 1 aromatic rings. The molecule has 0 aromatic heterocycles. The van der Waals surface area contributed by atoms with Gasteiger partial charge >= 0.3 is 0 Å². The molecule has 1 aliphatic rings. The number of benzene rings is 1. The van der Waals surface area contributed by atoms with Crippen LogP contribution < -0.4 is 15.4 Å². The lowest BCUT2D eigenvalue weighted by molar-refractivity contribution is 0.0940. The Morgan fingerprint density at radius 3 is 2.84 bits per heavy atom. The van der Waals surface area contributed by atoms with Gasteiger partial charge in [0.15, 0.2) is 0 Å². The molecule has 1 fully saturated rings. The molecule has 0 radical (unpaired) electrons. The molecule has 1 saturated heterocycles. The lowest BCUT2D eigenvalue weighted by Crippen LogP contribution is -2.36. The number of ether oxygens (including phenoxy) is 1. The Morgan fingerprint density at radius 2 is 2.21 bits per heavy atom. The second kappa shape index (κ2) is 6.52. The zero-order valence-corrected chi connectivity index (χ0v) is 11.0. The molecule has 104 valence electrons. The van der Waals surface area contributed by atoms with Crippen molar-refractivity contribution < 1.29 is 13.9 Å². The molecule has 2 N–H and O–H groups in total. The Morgan fingerprint density at radius 1 is 1.47 bits per heavy atom. The summed E-state index contributed by atoms with van der Waals surface area (Å²) < 4.78 is 18.6. The first-order valence-electron chi connectivity index (χ1n) is 6.53. The third-order valence-corrected chi connectivity index (χ3v) is 3.43. The van der Waals surface area contributed by atoms with Crippen LogP contribution in [0.5, 0.6) is 5.75 Å². The maximum absolute atomic E-state index is 13.7. The number of piperidine rings is 1. The van der Waals surface area contributed by atoms with Gasteiger partial charge in [0.05, 0.1) is 12.7 Å². The fraction of sp³-hybridized carbons (Fsp3) is 0.500. The Hall–Kier alpha value is -1.62. The van der Waals surface area contributed by atoms with Crippen molar-refractivity contribution in [1.82, 2.24) is 10.6 Å². The van der Waals surface area contributed by atoms with Crippen LogP contribution in [0.3, 0.4) is 0 Å². The number of nitrogens with one attached hydrogen (secondary N) is 2. The molecule has 0 bridgehead atoms. The number of hydrogen-bond acceptors (Lipinski definition) is 3. The SMILES string of the molecule is COc1ccc(C(=O)NCC2CCNCC2)c(F)c1. The van der Waals surface area contributed by atoms with Crippen LogP contribution in [-0.2, 0) is 0 Å². The van der Waals surface area contributed by atoms with Crippen LogP contribution in [0.15, 0.2) is 18.2 Å². The normalized spacial score (nSPS) is 16.1.